The third kappa shape index (κ3) is 18.1. The number of amides is 2. The second-order valence-corrected chi connectivity index (χ2v) is 21.3. The molecular formula is C58H81N4O17P. The summed E-state index contributed by atoms with van der Waals surface area (Å²) in [7, 11) is 4.31. The van der Waals surface area contributed by atoms with Crippen LogP contribution in [0.3, 0.4) is 0 Å². The van der Waals surface area contributed by atoms with Crippen LogP contribution in [-0.4, -0.2) is 156 Å². The Balaban J connectivity index is 1.31. The first kappa shape index (κ1) is 65.0. The molecule has 22 heteroatoms. The highest BCUT2D eigenvalue weighted by atomic mass is 31.2. The van der Waals surface area contributed by atoms with Gasteiger partial charge in [-0.15, -0.1) is 0 Å². The van der Waals surface area contributed by atoms with E-state index in [0.717, 1.165) is 30.5 Å². The van der Waals surface area contributed by atoms with Gasteiger partial charge in [-0.05, 0) is 94.3 Å². The van der Waals surface area contributed by atoms with E-state index >= 15 is 0 Å². The molecule has 0 aromatic heterocycles. The number of benzene rings is 3. The zero-order chi connectivity index (χ0) is 58.4. The van der Waals surface area contributed by atoms with Gasteiger partial charge in [0.1, 0.15) is 47.6 Å². The van der Waals surface area contributed by atoms with Crippen molar-refractivity contribution in [2.24, 2.45) is 0 Å². The number of unbranched alkanes of at least 4 members (excludes halogenated alkanes) is 1. The number of hydrogen-bond donors (Lipinski definition) is 2. The number of carbonyl (C=O) groups is 5. The average Bonchev–Trinajstić information content (AvgIpc) is 3.91. The minimum absolute atomic E-state index is 0.0221. The molecule has 0 spiro atoms. The van der Waals surface area contributed by atoms with Gasteiger partial charge in [0.25, 0.3) is 8.53 Å². The number of nitrogens with zero attached hydrogens (tertiary/aromatic N) is 2. The fourth-order valence-electron chi connectivity index (χ4n) is 9.98. The molecule has 2 N–H and O–H groups in total. The van der Waals surface area contributed by atoms with E-state index in [1.807, 2.05) is 78.9 Å². The molecule has 10 atom stereocenters. The molecule has 2 aliphatic heterocycles. The molecule has 2 saturated heterocycles. The first-order chi connectivity index (χ1) is 38.4. The van der Waals surface area contributed by atoms with Crippen molar-refractivity contribution in [3.63, 3.8) is 0 Å². The molecular weight excluding hydrogens is 1060 g/mol. The van der Waals surface area contributed by atoms with Gasteiger partial charge in [-0.1, -0.05) is 54.6 Å². The maximum atomic E-state index is 13.3. The van der Waals surface area contributed by atoms with Crippen LogP contribution >= 0.6 is 8.53 Å². The van der Waals surface area contributed by atoms with Crippen LogP contribution in [-0.2, 0) is 76.5 Å². The number of ether oxygens (including phenoxy) is 10. The second kappa shape index (κ2) is 32.6. The van der Waals surface area contributed by atoms with E-state index in [9.17, 15) is 29.2 Å². The van der Waals surface area contributed by atoms with E-state index in [1.165, 1.54) is 14.0 Å². The predicted octanol–water partition coefficient (Wildman–Crippen LogP) is 7.20. The van der Waals surface area contributed by atoms with Gasteiger partial charge in [0.15, 0.2) is 18.5 Å². The van der Waals surface area contributed by atoms with Crippen molar-refractivity contribution < 1.29 is 80.4 Å². The number of nitriles is 1. The highest BCUT2D eigenvalue weighted by Crippen LogP contribution is 2.50. The van der Waals surface area contributed by atoms with Crippen molar-refractivity contribution >= 4 is 38.2 Å². The van der Waals surface area contributed by atoms with Gasteiger partial charge in [0.2, 0.25) is 11.8 Å². The fraction of sp³-hybridized carbons (Fsp3) is 0.586. The van der Waals surface area contributed by atoms with Crippen LogP contribution in [0.5, 0.6) is 11.5 Å². The lowest BCUT2D eigenvalue weighted by Gasteiger charge is -2.45. The Bertz CT molecular complexity index is 2390. The van der Waals surface area contributed by atoms with Crippen LogP contribution in [0.1, 0.15) is 110 Å². The summed E-state index contributed by atoms with van der Waals surface area (Å²) < 4.78 is 75.4. The first-order valence-corrected chi connectivity index (χ1v) is 28.2. The summed E-state index contributed by atoms with van der Waals surface area (Å²) in [6.45, 7) is 12.4. The Morgan fingerprint density at radius 3 is 1.85 bits per heavy atom. The Labute approximate surface area is 471 Å². The maximum Gasteiger partial charge on any atom is 0.308 e. The average molecular weight is 1140 g/mol. The lowest BCUT2D eigenvalue weighted by Crippen LogP contribution is -2.66. The Kier molecular flexibility index (Phi) is 26.5. The standard InChI is InChI=1S/C58H81N4O17P/c1-37(2)62(38(3)4)80(74-34-18-31-59)79-55-49(36-73-58(42-19-13-12-14-20-42,43-23-27-45(68-8)28-24-43)44-25-29-46(69-9)30-26-44)77-47(53(55)71-11)21-17-32-60-50(66)22-15-16-33-72-57-52(61-39(5)63)56(76-41(7)65)54(75-40(6)64)48(78-57)35-51(67)70-10/h12-14,19-20,23-30,37-38,47-49,52-57H,15-18,21-22,32-36H2,1-11H3,(H,60,66)(H,61,63)/t47-,48+,49+,52+,53-,54+,55+,56+,57+,80?/m0/s1. The summed E-state index contributed by atoms with van der Waals surface area (Å²) in [5, 5.41) is 15.2. The molecule has 0 aliphatic carbocycles. The molecule has 3 aromatic rings. The van der Waals surface area contributed by atoms with Crippen molar-refractivity contribution in [3.8, 4) is 17.6 Å². The predicted molar refractivity (Wildman–Crippen MR) is 294 cm³/mol. The quantitative estimate of drug-likeness (QED) is 0.0206. The zero-order valence-corrected chi connectivity index (χ0v) is 48.8. The van der Waals surface area contributed by atoms with Gasteiger partial charge in [-0.25, -0.2) is 4.67 Å². The highest BCUT2D eigenvalue weighted by molar-refractivity contribution is 7.44. The van der Waals surface area contributed by atoms with Crippen molar-refractivity contribution in [2.75, 3.05) is 54.8 Å². The lowest BCUT2D eigenvalue weighted by atomic mass is 9.80. The van der Waals surface area contributed by atoms with Crippen molar-refractivity contribution in [1.29, 1.82) is 5.26 Å². The molecule has 2 amide bonds. The van der Waals surface area contributed by atoms with E-state index in [0.29, 0.717) is 43.7 Å². The fourth-order valence-corrected chi connectivity index (χ4v) is 11.7. The van der Waals surface area contributed by atoms with Crippen LogP contribution in [0.15, 0.2) is 78.9 Å². The van der Waals surface area contributed by atoms with Gasteiger partial charge in [0, 0.05) is 59.5 Å². The summed E-state index contributed by atoms with van der Waals surface area (Å²) in [5.41, 5.74) is 1.38. The monoisotopic (exact) mass is 1140 g/mol. The number of esters is 3. The zero-order valence-electron chi connectivity index (χ0n) is 47.9. The topological polar surface area (TPSA) is 247 Å². The minimum Gasteiger partial charge on any atom is -0.497 e. The summed E-state index contributed by atoms with van der Waals surface area (Å²) in [5.74, 6) is -1.46. The third-order valence-corrected chi connectivity index (χ3v) is 15.6. The maximum absolute atomic E-state index is 13.3. The molecule has 0 bridgehead atoms. The molecule has 5 rings (SSSR count). The molecule has 80 heavy (non-hydrogen) atoms. The molecule has 0 radical (unpaired) electrons. The third-order valence-electron chi connectivity index (χ3n) is 13.5. The molecule has 21 nitrogen and oxygen atoms in total. The largest absolute Gasteiger partial charge is 0.497 e. The van der Waals surface area contributed by atoms with Crippen LogP contribution in [0.2, 0.25) is 0 Å². The van der Waals surface area contributed by atoms with E-state index < -0.39 is 93.0 Å². The van der Waals surface area contributed by atoms with Gasteiger partial charge in [-0.2, -0.15) is 5.26 Å². The van der Waals surface area contributed by atoms with E-state index in [4.69, 9.17) is 56.4 Å². The molecule has 3 aromatic carbocycles. The molecule has 0 saturated carbocycles. The summed E-state index contributed by atoms with van der Waals surface area (Å²) >= 11 is 0. The molecule has 1 unspecified atom stereocenters. The van der Waals surface area contributed by atoms with Crippen molar-refractivity contribution in [2.45, 2.75) is 166 Å². The SMILES string of the molecule is COC(=O)C[C@H]1O[C@@H](OCCCCC(=O)NCCC[C@@H]2O[C@H](COC(c3ccccc3)(c3ccc(OC)cc3)c3ccc(OC)cc3)[C@@H](OP(OCCC#N)N(C(C)C)C(C)C)[C@H]2OC)[C@H](NC(C)=O)[C@@H](OC(C)=O)[C@@H]1OC(C)=O. The van der Waals surface area contributed by atoms with Crippen LogP contribution in [0.4, 0.5) is 0 Å². The van der Waals surface area contributed by atoms with Gasteiger partial charge in [0.05, 0.1) is 59.6 Å². The van der Waals surface area contributed by atoms with E-state index in [2.05, 4.69) is 49.1 Å². The van der Waals surface area contributed by atoms with Crippen LogP contribution < -0.4 is 20.1 Å². The van der Waals surface area contributed by atoms with Crippen LogP contribution in [0, 0.1) is 11.3 Å². The lowest BCUT2D eigenvalue weighted by molar-refractivity contribution is -0.272. The number of carbonyl (C=O) groups excluding carboxylic acids is 5. The Hall–Kier alpha value is -5.79. The van der Waals surface area contributed by atoms with Crippen molar-refractivity contribution in [1.82, 2.24) is 15.3 Å². The summed E-state index contributed by atoms with van der Waals surface area (Å²) in [6.07, 6.45) is -5.64. The Morgan fingerprint density at radius 1 is 0.713 bits per heavy atom. The second-order valence-electron chi connectivity index (χ2n) is 19.9. The number of rotatable bonds is 32. The van der Waals surface area contributed by atoms with E-state index in [1.54, 1.807) is 21.3 Å². The van der Waals surface area contributed by atoms with Gasteiger partial charge < -0.3 is 67.0 Å². The Morgan fingerprint density at radius 2 is 1.31 bits per heavy atom. The molecule has 440 valence electrons. The number of methoxy groups -OCH3 is 4. The van der Waals surface area contributed by atoms with E-state index in [-0.39, 0.29) is 57.1 Å². The molecule has 2 fully saturated rings. The summed E-state index contributed by atoms with van der Waals surface area (Å²) in [6, 6.07) is 26.6. The molecule has 2 aliphatic rings. The van der Waals surface area contributed by atoms with Crippen molar-refractivity contribution in [3.05, 3.63) is 95.6 Å². The van der Waals surface area contributed by atoms with Crippen LogP contribution in [0.25, 0.3) is 0 Å². The first-order valence-electron chi connectivity index (χ1n) is 27.0. The molecule has 2 heterocycles. The smallest absolute Gasteiger partial charge is 0.308 e. The highest BCUT2D eigenvalue weighted by Gasteiger charge is 2.52. The number of nitrogens with one attached hydrogen (secondary N) is 2. The normalized spacial score (nSPS) is 22.3. The minimum atomic E-state index is -1.75. The van der Waals surface area contributed by atoms with Gasteiger partial charge >= 0.3 is 17.9 Å². The number of hydrogen-bond acceptors (Lipinski definition) is 19. The summed E-state index contributed by atoms with van der Waals surface area (Å²) in [4.78, 5) is 62.4. The van der Waals surface area contributed by atoms with Gasteiger partial charge in [-0.3, -0.25) is 24.0 Å².